The van der Waals surface area contributed by atoms with Gasteiger partial charge in [-0.15, -0.1) is 0 Å². The van der Waals surface area contributed by atoms with E-state index >= 15 is 0 Å². The van der Waals surface area contributed by atoms with E-state index in [1.165, 1.54) is 18.2 Å². The van der Waals surface area contributed by atoms with Gasteiger partial charge in [-0.25, -0.2) is 4.79 Å². The first-order chi connectivity index (χ1) is 16.8. The number of fused-ring (bicyclic) bond motifs is 1. The number of unbranched alkanes of at least 4 members (excludes halogenated alkanes) is 4. The predicted molar refractivity (Wildman–Crippen MR) is 133 cm³/mol. The van der Waals surface area contributed by atoms with Crippen LogP contribution in [-0.4, -0.2) is 38.8 Å². The molecule has 0 aliphatic rings. The van der Waals surface area contributed by atoms with E-state index in [1.54, 1.807) is 37.3 Å². The van der Waals surface area contributed by atoms with Gasteiger partial charge >= 0.3 is 5.97 Å². The monoisotopic (exact) mass is 480 g/mol. The number of phenolic OH excluding ortho intramolecular Hbond substituents is 2. The van der Waals surface area contributed by atoms with Crippen molar-refractivity contribution in [3.8, 4) is 17.2 Å². The number of hydrogen-bond donors (Lipinski definition) is 4. The molecule has 3 aromatic carbocycles. The molecule has 7 heteroatoms. The van der Waals surface area contributed by atoms with Crippen molar-refractivity contribution in [2.45, 2.75) is 58.0 Å². The second-order valence-corrected chi connectivity index (χ2v) is 8.67. The maximum absolute atomic E-state index is 12.5. The van der Waals surface area contributed by atoms with Gasteiger partial charge in [0.05, 0.1) is 18.3 Å². The van der Waals surface area contributed by atoms with Crippen LogP contribution in [0.25, 0.3) is 10.8 Å². The lowest BCUT2D eigenvalue weighted by Gasteiger charge is -2.14. The summed E-state index contributed by atoms with van der Waals surface area (Å²) in [6.45, 7) is 2.28. The Morgan fingerprint density at radius 2 is 1.54 bits per heavy atom. The summed E-state index contributed by atoms with van der Waals surface area (Å²) < 4.78 is 5.74. The van der Waals surface area contributed by atoms with Crippen LogP contribution in [-0.2, 0) is 0 Å². The fraction of sp³-hybridized carbons (Fsp3) is 0.357. The summed E-state index contributed by atoms with van der Waals surface area (Å²) in [7, 11) is 0. The van der Waals surface area contributed by atoms with Crippen LogP contribution in [0.3, 0.4) is 0 Å². The van der Waals surface area contributed by atoms with Crippen molar-refractivity contribution in [1.82, 2.24) is 0 Å². The molecule has 3 rings (SSSR count). The summed E-state index contributed by atoms with van der Waals surface area (Å²) in [5, 5.41) is 40.1. The number of aliphatic hydroxyl groups excluding tert-OH is 1. The summed E-state index contributed by atoms with van der Waals surface area (Å²) >= 11 is 0. The number of ether oxygens (including phenoxy) is 1. The van der Waals surface area contributed by atoms with Crippen LogP contribution in [0.1, 0.15) is 84.3 Å². The standard InChI is InChI=1S/C28H32O7/c1-2-24(29)23-17-21(11-12-22(23)28(33)34)35-13-7-5-3-4-6-8-25(30)19-10-9-18-15-26(31)27(32)16-20(18)14-19/h9-12,14-17,24,29,31-32H,2-8,13H2,1H3,(H,33,34). The molecule has 0 heterocycles. The van der Waals surface area contributed by atoms with Crippen molar-refractivity contribution < 1.29 is 34.8 Å². The van der Waals surface area contributed by atoms with E-state index in [4.69, 9.17) is 4.74 Å². The quantitative estimate of drug-likeness (QED) is 0.134. The number of carboxylic acid groups (broad SMARTS) is 1. The molecular formula is C28H32O7. The van der Waals surface area contributed by atoms with Crippen LogP contribution >= 0.6 is 0 Å². The lowest BCUT2D eigenvalue weighted by atomic mass is 10.00. The number of benzene rings is 3. The highest BCUT2D eigenvalue weighted by molar-refractivity contribution is 6.00. The highest BCUT2D eigenvalue weighted by Crippen LogP contribution is 2.31. The molecule has 0 aromatic heterocycles. The molecule has 0 bridgehead atoms. The molecule has 3 aromatic rings. The first kappa shape index (κ1) is 26.0. The lowest BCUT2D eigenvalue weighted by molar-refractivity contribution is 0.0688. The van der Waals surface area contributed by atoms with Crippen molar-refractivity contribution >= 4 is 22.5 Å². The molecular weight excluding hydrogens is 448 g/mol. The minimum absolute atomic E-state index is 0.0534. The molecule has 0 spiro atoms. The molecule has 186 valence electrons. The highest BCUT2D eigenvalue weighted by atomic mass is 16.5. The third-order valence-corrected chi connectivity index (χ3v) is 6.07. The molecule has 0 aliphatic carbocycles. The number of ketones is 1. The van der Waals surface area contributed by atoms with Crippen LogP contribution in [0, 0.1) is 0 Å². The molecule has 35 heavy (non-hydrogen) atoms. The number of aromatic hydroxyl groups is 2. The number of aliphatic hydroxyl groups is 1. The van der Waals surface area contributed by atoms with Crippen molar-refractivity contribution in [2.75, 3.05) is 6.61 Å². The zero-order chi connectivity index (χ0) is 25.4. The first-order valence-corrected chi connectivity index (χ1v) is 12.0. The van der Waals surface area contributed by atoms with Crippen LogP contribution < -0.4 is 4.74 Å². The number of Topliss-reactive ketones (excluding diaryl/α,β-unsaturated/α-hetero) is 1. The molecule has 0 amide bonds. The molecule has 0 radical (unpaired) electrons. The summed E-state index contributed by atoms with van der Waals surface area (Å²) in [5.41, 5.74) is 1.04. The van der Waals surface area contributed by atoms with Crippen molar-refractivity contribution in [1.29, 1.82) is 0 Å². The van der Waals surface area contributed by atoms with Crippen LogP contribution in [0.5, 0.6) is 17.2 Å². The fourth-order valence-electron chi connectivity index (χ4n) is 4.02. The van der Waals surface area contributed by atoms with Crippen LogP contribution in [0.4, 0.5) is 0 Å². The van der Waals surface area contributed by atoms with E-state index in [1.807, 2.05) is 0 Å². The van der Waals surface area contributed by atoms with Crippen LogP contribution in [0.15, 0.2) is 48.5 Å². The summed E-state index contributed by atoms with van der Waals surface area (Å²) in [5.74, 6) is -0.863. The Hall–Kier alpha value is -3.58. The second-order valence-electron chi connectivity index (χ2n) is 8.67. The average Bonchev–Trinajstić information content (AvgIpc) is 2.85. The Kier molecular flexibility index (Phi) is 9.09. The molecule has 0 aliphatic heterocycles. The number of carbonyl (C=O) groups is 2. The Morgan fingerprint density at radius 3 is 2.26 bits per heavy atom. The van der Waals surface area contributed by atoms with E-state index < -0.39 is 12.1 Å². The van der Waals surface area contributed by atoms with Crippen molar-refractivity contribution in [3.63, 3.8) is 0 Å². The van der Waals surface area contributed by atoms with E-state index in [2.05, 4.69) is 0 Å². The highest BCUT2D eigenvalue weighted by Gasteiger charge is 2.17. The number of hydrogen-bond acceptors (Lipinski definition) is 6. The topological polar surface area (TPSA) is 124 Å². The number of rotatable bonds is 13. The summed E-state index contributed by atoms with van der Waals surface area (Å²) in [6, 6.07) is 12.8. The third-order valence-electron chi connectivity index (χ3n) is 6.07. The SMILES string of the molecule is CCC(O)c1cc(OCCCCCCCC(=O)c2ccc3cc(O)c(O)cc3c2)ccc1C(=O)O. The summed E-state index contributed by atoms with van der Waals surface area (Å²) in [4.78, 5) is 23.9. The number of aromatic carboxylic acids is 1. The minimum atomic E-state index is -1.07. The zero-order valence-corrected chi connectivity index (χ0v) is 19.9. The van der Waals surface area contributed by atoms with E-state index in [9.17, 15) is 30.0 Å². The van der Waals surface area contributed by atoms with Gasteiger partial charge in [0.25, 0.3) is 0 Å². The minimum Gasteiger partial charge on any atom is -0.504 e. The lowest BCUT2D eigenvalue weighted by Crippen LogP contribution is -2.07. The van der Waals surface area contributed by atoms with E-state index in [0.29, 0.717) is 41.7 Å². The van der Waals surface area contributed by atoms with Gasteiger partial charge in [0.1, 0.15) is 5.75 Å². The molecule has 1 unspecified atom stereocenters. The summed E-state index contributed by atoms with van der Waals surface area (Å²) in [6.07, 6.45) is 4.49. The Labute approximate surface area is 204 Å². The van der Waals surface area contributed by atoms with Crippen LogP contribution in [0.2, 0.25) is 0 Å². The number of carbonyl (C=O) groups excluding carboxylic acids is 1. The van der Waals surface area contributed by atoms with Gasteiger partial charge in [0, 0.05) is 12.0 Å². The van der Waals surface area contributed by atoms with Gasteiger partial charge in [0.15, 0.2) is 17.3 Å². The molecule has 1 atom stereocenters. The molecule has 0 saturated carbocycles. The first-order valence-electron chi connectivity index (χ1n) is 12.0. The average molecular weight is 481 g/mol. The Balaban J connectivity index is 1.37. The molecule has 0 fully saturated rings. The Morgan fingerprint density at radius 1 is 0.857 bits per heavy atom. The zero-order valence-electron chi connectivity index (χ0n) is 19.9. The van der Waals surface area contributed by atoms with Gasteiger partial charge in [0.2, 0.25) is 0 Å². The Bertz CT molecular complexity index is 1190. The van der Waals surface area contributed by atoms with Gasteiger partial charge in [-0.2, -0.15) is 0 Å². The van der Waals surface area contributed by atoms with Crippen molar-refractivity contribution in [3.05, 3.63) is 65.2 Å². The number of carboxylic acids is 1. The van der Waals surface area contributed by atoms with E-state index in [-0.39, 0.29) is 22.8 Å². The molecule has 0 saturated heterocycles. The fourth-order valence-corrected chi connectivity index (χ4v) is 4.02. The van der Waals surface area contributed by atoms with Gasteiger partial charge < -0.3 is 25.2 Å². The maximum Gasteiger partial charge on any atom is 0.336 e. The van der Waals surface area contributed by atoms with Gasteiger partial charge in [-0.1, -0.05) is 38.3 Å². The molecule has 7 nitrogen and oxygen atoms in total. The van der Waals surface area contributed by atoms with Gasteiger partial charge in [-0.05, 0) is 72.0 Å². The van der Waals surface area contributed by atoms with Crippen molar-refractivity contribution in [2.24, 2.45) is 0 Å². The number of phenols is 2. The van der Waals surface area contributed by atoms with E-state index in [0.717, 1.165) is 37.5 Å². The predicted octanol–water partition coefficient (Wildman–Crippen LogP) is 5.99. The largest absolute Gasteiger partial charge is 0.504 e. The normalized spacial score (nSPS) is 11.9. The third kappa shape index (κ3) is 6.96. The smallest absolute Gasteiger partial charge is 0.336 e. The second kappa shape index (κ2) is 12.2. The van der Waals surface area contributed by atoms with Gasteiger partial charge in [-0.3, -0.25) is 4.79 Å². The maximum atomic E-state index is 12.5. The molecule has 4 N–H and O–H groups in total.